The SMILES string of the molecule is CN1CCN(c2ccc(N)c(OC(C)(C)C)n2)CC1=O. The second-order valence-electron chi connectivity index (χ2n) is 6.02. The molecule has 2 heterocycles. The lowest BCUT2D eigenvalue weighted by Gasteiger charge is -2.33. The number of carbonyl (C=O) groups excluding carboxylic acids is 1. The highest BCUT2D eigenvalue weighted by Crippen LogP contribution is 2.26. The molecule has 0 atom stereocenters. The number of nitrogen functional groups attached to an aromatic ring is 1. The van der Waals surface area contributed by atoms with E-state index in [1.54, 1.807) is 11.0 Å². The maximum Gasteiger partial charge on any atom is 0.241 e. The number of aromatic nitrogens is 1. The van der Waals surface area contributed by atoms with E-state index in [2.05, 4.69) is 4.98 Å². The molecule has 0 saturated carbocycles. The zero-order valence-corrected chi connectivity index (χ0v) is 12.5. The summed E-state index contributed by atoms with van der Waals surface area (Å²) < 4.78 is 5.75. The first kappa shape index (κ1) is 14.4. The maximum atomic E-state index is 11.8. The van der Waals surface area contributed by atoms with Crippen LogP contribution in [0.1, 0.15) is 20.8 Å². The third kappa shape index (κ3) is 3.31. The number of piperazine rings is 1. The maximum absolute atomic E-state index is 11.8. The highest BCUT2D eigenvalue weighted by molar-refractivity contribution is 5.82. The molecule has 0 unspecified atom stereocenters. The van der Waals surface area contributed by atoms with Crippen LogP contribution in [-0.4, -0.2) is 48.1 Å². The summed E-state index contributed by atoms with van der Waals surface area (Å²) in [5.41, 5.74) is 6.03. The van der Waals surface area contributed by atoms with Crippen LogP contribution in [0.15, 0.2) is 12.1 Å². The van der Waals surface area contributed by atoms with Crippen molar-refractivity contribution in [2.75, 3.05) is 37.3 Å². The normalized spacial score (nSPS) is 16.5. The van der Waals surface area contributed by atoms with E-state index in [0.29, 0.717) is 24.7 Å². The first-order chi connectivity index (χ1) is 9.26. The Kier molecular flexibility index (Phi) is 3.74. The number of pyridine rings is 1. The van der Waals surface area contributed by atoms with Crippen molar-refractivity contribution >= 4 is 17.4 Å². The molecule has 0 aliphatic carbocycles. The van der Waals surface area contributed by atoms with Crippen LogP contribution in [0.25, 0.3) is 0 Å². The number of hydrogen-bond donors (Lipinski definition) is 1. The first-order valence-electron chi connectivity index (χ1n) is 6.71. The van der Waals surface area contributed by atoms with Gasteiger partial charge in [0.25, 0.3) is 0 Å². The minimum atomic E-state index is -0.363. The van der Waals surface area contributed by atoms with Gasteiger partial charge in [-0.05, 0) is 32.9 Å². The molecule has 0 spiro atoms. The van der Waals surface area contributed by atoms with Gasteiger partial charge in [-0.2, -0.15) is 4.98 Å². The van der Waals surface area contributed by atoms with Crippen molar-refractivity contribution in [2.45, 2.75) is 26.4 Å². The second-order valence-corrected chi connectivity index (χ2v) is 6.02. The summed E-state index contributed by atoms with van der Waals surface area (Å²) in [7, 11) is 1.81. The molecule has 2 N–H and O–H groups in total. The van der Waals surface area contributed by atoms with Crippen LogP contribution in [-0.2, 0) is 4.79 Å². The summed E-state index contributed by atoms with van der Waals surface area (Å²) in [6, 6.07) is 3.59. The molecule has 0 radical (unpaired) electrons. The molecular formula is C14H22N4O2. The predicted molar refractivity (Wildman–Crippen MR) is 78.9 cm³/mol. The van der Waals surface area contributed by atoms with Crippen molar-refractivity contribution in [1.82, 2.24) is 9.88 Å². The smallest absolute Gasteiger partial charge is 0.241 e. The van der Waals surface area contributed by atoms with E-state index < -0.39 is 0 Å². The Morgan fingerprint density at radius 3 is 2.60 bits per heavy atom. The van der Waals surface area contributed by atoms with Crippen molar-refractivity contribution in [3.8, 4) is 5.88 Å². The molecule has 1 aromatic heterocycles. The molecule has 110 valence electrons. The fourth-order valence-corrected chi connectivity index (χ4v) is 1.94. The third-order valence-corrected chi connectivity index (χ3v) is 3.06. The number of hydrogen-bond acceptors (Lipinski definition) is 5. The largest absolute Gasteiger partial charge is 0.470 e. The standard InChI is InChI=1S/C14H22N4O2/c1-14(2,3)20-13-10(15)5-6-11(16-13)18-8-7-17(4)12(19)9-18/h5-6H,7-9,15H2,1-4H3. The Balaban J connectivity index is 2.21. The van der Waals surface area contributed by atoms with Crippen LogP contribution in [0.3, 0.4) is 0 Å². The van der Waals surface area contributed by atoms with Gasteiger partial charge >= 0.3 is 0 Å². The number of carbonyl (C=O) groups is 1. The Morgan fingerprint density at radius 2 is 2.00 bits per heavy atom. The molecule has 1 saturated heterocycles. The van der Waals surface area contributed by atoms with Gasteiger partial charge in [0.05, 0.1) is 12.2 Å². The second kappa shape index (κ2) is 5.19. The first-order valence-corrected chi connectivity index (χ1v) is 6.71. The zero-order valence-electron chi connectivity index (χ0n) is 12.5. The van der Waals surface area contributed by atoms with E-state index in [9.17, 15) is 4.79 Å². The van der Waals surface area contributed by atoms with Crippen LogP contribution in [0.4, 0.5) is 11.5 Å². The molecule has 6 nitrogen and oxygen atoms in total. The fraction of sp³-hybridized carbons (Fsp3) is 0.571. The van der Waals surface area contributed by atoms with Crippen LogP contribution in [0.2, 0.25) is 0 Å². The fourth-order valence-electron chi connectivity index (χ4n) is 1.94. The monoisotopic (exact) mass is 278 g/mol. The number of amides is 1. The Hall–Kier alpha value is -1.98. The number of likely N-dealkylation sites (N-methyl/N-ethyl adjacent to an activating group) is 1. The molecule has 20 heavy (non-hydrogen) atoms. The van der Waals surface area contributed by atoms with Crippen LogP contribution in [0, 0.1) is 0 Å². The Bertz CT molecular complexity index is 510. The molecule has 1 fully saturated rings. The van der Waals surface area contributed by atoms with Crippen LogP contribution in [0.5, 0.6) is 5.88 Å². The van der Waals surface area contributed by atoms with Crippen molar-refractivity contribution in [3.05, 3.63) is 12.1 Å². The number of ether oxygens (including phenoxy) is 1. The quantitative estimate of drug-likeness (QED) is 0.877. The summed E-state index contributed by atoms with van der Waals surface area (Å²) in [6.07, 6.45) is 0. The molecule has 1 aliphatic heterocycles. The van der Waals surface area contributed by atoms with E-state index >= 15 is 0 Å². The van der Waals surface area contributed by atoms with Gasteiger partial charge in [-0.3, -0.25) is 4.79 Å². The molecular weight excluding hydrogens is 256 g/mol. The number of rotatable bonds is 2. The van der Waals surface area contributed by atoms with E-state index in [1.165, 1.54) is 0 Å². The third-order valence-electron chi connectivity index (χ3n) is 3.06. The summed E-state index contributed by atoms with van der Waals surface area (Å²) in [4.78, 5) is 19.9. The Morgan fingerprint density at radius 1 is 1.30 bits per heavy atom. The van der Waals surface area contributed by atoms with Crippen LogP contribution < -0.4 is 15.4 Å². The highest BCUT2D eigenvalue weighted by atomic mass is 16.5. The van der Waals surface area contributed by atoms with Crippen molar-refractivity contribution in [3.63, 3.8) is 0 Å². The average Bonchev–Trinajstić information content (AvgIpc) is 2.34. The molecule has 6 heteroatoms. The molecule has 1 amide bonds. The molecule has 1 aliphatic rings. The lowest BCUT2D eigenvalue weighted by molar-refractivity contribution is -0.129. The van der Waals surface area contributed by atoms with Gasteiger partial charge in [0.1, 0.15) is 11.4 Å². The minimum Gasteiger partial charge on any atom is -0.470 e. The van der Waals surface area contributed by atoms with Crippen LogP contribution >= 0.6 is 0 Å². The van der Waals surface area contributed by atoms with Crippen molar-refractivity contribution in [1.29, 1.82) is 0 Å². The van der Waals surface area contributed by atoms with E-state index in [0.717, 1.165) is 12.4 Å². The zero-order chi connectivity index (χ0) is 14.9. The predicted octanol–water partition coefficient (Wildman–Crippen LogP) is 1.12. The number of anilines is 2. The summed E-state index contributed by atoms with van der Waals surface area (Å²) >= 11 is 0. The van der Waals surface area contributed by atoms with Gasteiger partial charge < -0.3 is 20.3 Å². The van der Waals surface area contributed by atoms with Gasteiger partial charge in [-0.25, -0.2) is 0 Å². The van der Waals surface area contributed by atoms with Gasteiger partial charge in [0.2, 0.25) is 11.8 Å². The minimum absolute atomic E-state index is 0.0909. The van der Waals surface area contributed by atoms with Crippen molar-refractivity contribution in [2.24, 2.45) is 0 Å². The lowest BCUT2D eigenvalue weighted by Crippen LogP contribution is -2.48. The molecule has 0 aromatic carbocycles. The highest BCUT2D eigenvalue weighted by Gasteiger charge is 2.23. The van der Waals surface area contributed by atoms with Gasteiger partial charge in [-0.1, -0.05) is 0 Å². The van der Waals surface area contributed by atoms with Crippen molar-refractivity contribution < 1.29 is 9.53 Å². The molecule has 0 bridgehead atoms. The summed E-state index contributed by atoms with van der Waals surface area (Å²) in [6.45, 7) is 7.62. The number of nitrogens with zero attached hydrogens (tertiary/aromatic N) is 3. The van der Waals surface area contributed by atoms with E-state index in [1.807, 2.05) is 38.8 Å². The van der Waals surface area contributed by atoms with E-state index in [4.69, 9.17) is 10.5 Å². The van der Waals surface area contributed by atoms with E-state index in [-0.39, 0.29) is 11.5 Å². The lowest BCUT2D eigenvalue weighted by atomic mass is 10.2. The molecule has 2 rings (SSSR count). The molecule has 1 aromatic rings. The Labute approximate surface area is 119 Å². The summed E-state index contributed by atoms with van der Waals surface area (Å²) in [5.74, 6) is 1.23. The average molecular weight is 278 g/mol. The van der Waals surface area contributed by atoms with Gasteiger partial charge in [-0.15, -0.1) is 0 Å². The van der Waals surface area contributed by atoms with Gasteiger partial charge in [0, 0.05) is 20.1 Å². The van der Waals surface area contributed by atoms with Gasteiger partial charge in [0.15, 0.2) is 0 Å². The summed E-state index contributed by atoms with van der Waals surface area (Å²) in [5, 5.41) is 0. The number of nitrogens with two attached hydrogens (primary N) is 1. The topological polar surface area (TPSA) is 71.7 Å².